The van der Waals surface area contributed by atoms with Crippen molar-refractivity contribution < 1.29 is 4.74 Å². The second-order valence-electron chi connectivity index (χ2n) is 4.49. The normalized spacial score (nSPS) is 14.8. The highest BCUT2D eigenvalue weighted by Gasteiger charge is 2.21. The molecule has 4 nitrogen and oxygen atoms in total. The first-order valence-corrected chi connectivity index (χ1v) is 6.89. The summed E-state index contributed by atoms with van der Waals surface area (Å²) in [5.74, 6) is 0. The predicted molar refractivity (Wildman–Crippen MR) is 75.2 cm³/mol. The van der Waals surface area contributed by atoms with Crippen molar-refractivity contribution in [2.24, 2.45) is 7.05 Å². The minimum Gasteiger partial charge on any atom is -0.380 e. The molecule has 0 aliphatic rings. The van der Waals surface area contributed by atoms with Crippen LogP contribution in [0.2, 0.25) is 5.02 Å². The van der Waals surface area contributed by atoms with Crippen LogP contribution in [0.3, 0.4) is 0 Å². The fraction of sp³-hybridized carbons (Fsp3) is 0.769. The molecule has 2 unspecified atom stereocenters. The summed E-state index contributed by atoms with van der Waals surface area (Å²) >= 11 is 6.37. The van der Waals surface area contributed by atoms with Crippen LogP contribution < -0.4 is 5.32 Å². The Morgan fingerprint density at radius 3 is 2.56 bits per heavy atom. The second kappa shape index (κ2) is 7.12. The Morgan fingerprint density at radius 2 is 2.11 bits per heavy atom. The third-order valence-electron chi connectivity index (χ3n) is 3.32. The zero-order valence-corrected chi connectivity index (χ0v) is 12.7. The predicted octanol–water partition coefficient (Wildman–Crippen LogP) is 2.19. The maximum atomic E-state index is 6.37. The van der Waals surface area contributed by atoms with Crippen LogP contribution in [0.5, 0.6) is 0 Å². The van der Waals surface area contributed by atoms with Crippen LogP contribution in [0.15, 0.2) is 0 Å². The van der Waals surface area contributed by atoms with Crippen molar-refractivity contribution >= 4 is 11.6 Å². The van der Waals surface area contributed by atoms with Gasteiger partial charge in [-0.25, -0.2) is 0 Å². The fourth-order valence-electron chi connectivity index (χ4n) is 2.08. The van der Waals surface area contributed by atoms with Gasteiger partial charge in [-0.3, -0.25) is 4.68 Å². The number of halogens is 1. The average molecular weight is 274 g/mol. The van der Waals surface area contributed by atoms with Crippen molar-refractivity contribution in [1.82, 2.24) is 15.1 Å². The lowest BCUT2D eigenvalue weighted by Crippen LogP contribution is -2.41. The summed E-state index contributed by atoms with van der Waals surface area (Å²) in [6.45, 7) is 7.14. The number of hydrogen-bond acceptors (Lipinski definition) is 3. The quantitative estimate of drug-likeness (QED) is 0.828. The van der Waals surface area contributed by atoms with E-state index in [1.807, 2.05) is 11.7 Å². The first-order valence-electron chi connectivity index (χ1n) is 6.51. The average Bonchev–Trinajstić information content (AvgIpc) is 2.64. The van der Waals surface area contributed by atoms with Gasteiger partial charge < -0.3 is 10.1 Å². The molecule has 2 atom stereocenters. The van der Waals surface area contributed by atoms with Gasteiger partial charge in [0.2, 0.25) is 0 Å². The van der Waals surface area contributed by atoms with Gasteiger partial charge in [0.05, 0.1) is 22.5 Å². The topological polar surface area (TPSA) is 39.1 Å². The summed E-state index contributed by atoms with van der Waals surface area (Å²) in [4.78, 5) is 0. The van der Waals surface area contributed by atoms with Crippen molar-refractivity contribution in [2.45, 2.75) is 45.8 Å². The molecule has 1 aromatic rings. The van der Waals surface area contributed by atoms with Gasteiger partial charge in [-0.1, -0.05) is 25.4 Å². The van der Waals surface area contributed by atoms with E-state index in [-0.39, 0.29) is 12.1 Å². The zero-order valence-electron chi connectivity index (χ0n) is 12.0. The minimum absolute atomic E-state index is 0.140. The highest BCUT2D eigenvalue weighted by Crippen LogP contribution is 2.22. The Hall–Kier alpha value is -0.580. The molecule has 104 valence electrons. The van der Waals surface area contributed by atoms with E-state index >= 15 is 0 Å². The SMILES string of the molecule is CCNC(Cc1c(Cl)c(CC)nn1C)C(C)OC. The molecule has 1 N–H and O–H groups in total. The Bertz CT molecular complexity index is 379. The Balaban J connectivity index is 2.89. The molecule has 5 heteroatoms. The number of nitrogens with one attached hydrogen (secondary N) is 1. The summed E-state index contributed by atoms with van der Waals surface area (Å²) in [7, 11) is 3.68. The number of rotatable bonds is 7. The molecule has 0 bridgehead atoms. The van der Waals surface area contributed by atoms with Crippen molar-refractivity contribution in [3.05, 3.63) is 16.4 Å². The van der Waals surface area contributed by atoms with Crippen LogP contribution in [-0.2, 0) is 24.6 Å². The van der Waals surface area contributed by atoms with Gasteiger partial charge in [0.1, 0.15) is 0 Å². The molecule has 0 aliphatic carbocycles. The molecule has 0 saturated carbocycles. The molecule has 1 heterocycles. The van der Waals surface area contributed by atoms with E-state index in [2.05, 4.69) is 31.2 Å². The first-order chi connectivity index (χ1) is 8.54. The molecule has 0 amide bonds. The number of hydrogen-bond donors (Lipinski definition) is 1. The molecule has 0 saturated heterocycles. The fourth-order valence-corrected chi connectivity index (χ4v) is 2.45. The van der Waals surface area contributed by atoms with Crippen LogP contribution in [0.1, 0.15) is 32.2 Å². The molecule has 0 fully saturated rings. The van der Waals surface area contributed by atoms with E-state index in [4.69, 9.17) is 16.3 Å². The van der Waals surface area contributed by atoms with Gasteiger partial charge in [-0.15, -0.1) is 0 Å². The minimum atomic E-state index is 0.140. The maximum absolute atomic E-state index is 6.37. The van der Waals surface area contributed by atoms with Crippen LogP contribution in [0.4, 0.5) is 0 Å². The zero-order chi connectivity index (χ0) is 13.7. The number of ether oxygens (including phenoxy) is 1. The molecule has 1 rings (SSSR count). The lowest BCUT2D eigenvalue weighted by Gasteiger charge is -2.23. The first kappa shape index (κ1) is 15.5. The number of likely N-dealkylation sites (N-methyl/N-ethyl adjacent to an activating group) is 1. The molecular weight excluding hydrogens is 250 g/mol. The summed E-state index contributed by atoms with van der Waals surface area (Å²) < 4.78 is 7.30. The van der Waals surface area contributed by atoms with Gasteiger partial charge in [-0.2, -0.15) is 5.10 Å². The summed E-state index contributed by atoms with van der Waals surface area (Å²) in [6, 6.07) is 0.248. The van der Waals surface area contributed by atoms with E-state index in [1.54, 1.807) is 7.11 Å². The van der Waals surface area contributed by atoms with E-state index in [1.165, 1.54) is 0 Å². The molecule has 0 aromatic carbocycles. The number of methoxy groups -OCH3 is 1. The number of aryl methyl sites for hydroxylation is 2. The molecular formula is C13H24ClN3O. The Morgan fingerprint density at radius 1 is 1.44 bits per heavy atom. The lowest BCUT2D eigenvalue weighted by molar-refractivity contribution is 0.0830. The van der Waals surface area contributed by atoms with Crippen molar-refractivity contribution in [1.29, 1.82) is 0 Å². The van der Waals surface area contributed by atoms with Crippen LogP contribution in [0.25, 0.3) is 0 Å². The van der Waals surface area contributed by atoms with E-state index in [0.29, 0.717) is 0 Å². The third kappa shape index (κ3) is 3.46. The second-order valence-corrected chi connectivity index (χ2v) is 4.87. The smallest absolute Gasteiger partial charge is 0.0850 e. The van der Waals surface area contributed by atoms with E-state index in [0.717, 1.165) is 35.8 Å². The molecule has 1 aromatic heterocycles. The van der Waals surface area contributed by atoms with Gasteiger partial charge >= 0.3 is 0 Å². The van der Waals surface area contributed by atoms with Crippen LogP contribution in [-0.4, -0.2) is 35.6 Å². The van der Waals surface area contributed by atoms with Crippen molar-refractivity contribution in [3.63, 3.8) is 0 Å². The van der Waals surface area contributed by atoms with E-state index in [9.17, 15) is 0 Å². The number of nitrogens with zero attached hydrogens (tertiary/aromatic N) is 2. The molecule has 18 heavy (non-hydrogen) atoms. The summed E-state index contributed by atoms with van der Waals surface area (Å²) in [5, 5.41) is 8.68. The van der Waals surface area contributed by atoms with Crippen molar-refractivity contribution in [2.75, 3.05) is 13.7 Å². The van der Waals surface area contributed by atoms with Crippen LogP contribution >= 0.6 is 11.6 Å². The molecule has 0 aliphatic heterocycles. The van der Waals surface area contributed by atoms with Gasteiger partial charge in [0.25, 0.3) is 0 Å². The maximum Gasteiger partial charge on any atom is 0.0850 e. The Labute approximate surface area is 115 Å². The monoisotopic (exact) mass is 273 g/mol. The Kier molecular flexibility index (Phi) is 6.12. The molecule has 0 spiro atoms. The van der Waals surface area contributed by atoms with E-state index < -0.39 is 0 Å². The highest BCUT2D eigenvalue weighted by atomic mass is 35.5. The van der Waals surface area contributed by atoms with Gasteiger partial charge in [-0.05, 0) is 19.9 Å². The van der Waals surface area contributed by atoms with Crippen LogP contribution in [0, 0.1) is 0 Å². The van der Waals surface area contributed by atoms with Gasteiger partial charge in [0.15, 0.2) is 0 Å². The van der Waals surface area contributed by atoms with Gasteiger partial charge in [0, 0.05) is 26.6 Å². The summed E-state index contributed by atoms with van der Waals surface area (Å²) in [6.07, 6.45) is 1.82. The van der Waals surface area contributed by atoms with Crippen molar-refractivity contribution in [3.8, 4) is 0 Å². The standard InChI is InChI=1S/C13H24ClN3O/c1-6-10-13(14)12(17(4)16-10)8-11(15-7-2)9(3)18-5/h9,11,15H,6-8H2,1-5H3. The lowest BCUT2D eigenvalue weighted by atomic mass is 10.1. The number of aromatic nitrogens is 2. The molecule has 0 radical (unpaired) electrons. The third-order valence-corrected chi connectivity index (χ3v) is 3.76. The summed E-state index contributed by atoms with van der Waals surface area (Å²) in [5.41, 5.74) is 2.04. The highest BCUT2D eigenvalue weighted by molar-refractivity contribution is 6.31. The largest absolute Gasteiger partial charge is 0.380 e.